The average Bonchev–Trinajstić information content (AvgIpc) is 3.28. The van der Waals surface area contributed by atoms with Crippen LogP contribution in [0.25, 0.3) is 10.8 Å². The van der Waals surface area contributed by atoms with Crippen molar-refractivity contribution in [3.63, 3.8) is 0 Å². The molecule has 4 aliphatic rings. The molecular weight excluding hydrogens is 546 g/mol. The highest BCUT2D eigenvalue weighted by Gasteiger charge is 2.74. The number of hydrogen-bond acceptors (Lipinski definition) is 5. The predicted octanol–water partition coefficient (Wildman–Crippen LogP) is 4.19. The molecule has 7 nitrogen and oxygen atoms in total. The summed E-state index contributed by atoms with van der Waals surface area (Å²) in [6, 6.07) is 21.7. The minimum atomic E-state index is -0.987. The first-order valence-corrected chi connectivity index (χ1v) is 15.2. The SMILES string of the molecule is CN1CC=C[C@@]2(C)S[C@]34C=CCN(c5ccc6ccccc6c5)C(=O)C3N([C@H](CO)c3ccccc3)C(=O)[C@@H]4[C@H]2C1=O. The van der Waals surface area contributed by atoms with E-state index in [2.05, 4.69) is 6.08 Å². The monoisotopic (exact) mass is 579 g/mol. The number of fused-ring (bicyclic) bond motifs is 3. The molecule has 0 bridgehead atoms. The summed E-state index contributed by atoms with van der Waals surface area (Å²) < 4.78 is -1.66. The first kappa shape index (κ1) is 27.0. The molecule has 3 amide bonds. The molecule has 0 saturated carbocycles. The topological polar surface area (TPSA) is 81.2 Å². The third-order valence-electron chi connectivity index (χ3n) is 9.43. The van der Waals surface area contributed by atoms with Gasteiger partial charge in [0, 0.05) is 30.6 Å². The maximum Gasteiger partial charge on any atom is 0.251 e. The molecule has 42 heavy (non-hydrogen) atoms. The summed E-state index contributed by atoms with van der Waals surface area (Å²) in [6.07, 6.45) is 8.04. The van der Waals surface area contributed by atoms with Gasteiger partial charge in [-0.05, 0) is 35.4 Å². The molecule has 3 aromatic carbocycles. The zero-order chi connectivity index (χ0) is 29.2. The zero-order valence-corrected chi connectivity index (χ0v) is 24.4. The fraction of sp³-hybridized carbons (Fsp3) is 0.324. The molecule has 8 heteroatoms. The van der Waals surface area contributed by atoms with Crippen LogP contribution in [0.4, 0.5) is 5.69 Å². The molecule has 0 aromatic heterocycles. The lowest BCUT2D eigenvalue weighted by Gasteiger charge is -2.40. The third kappa shape index (κ3) is 3.81. The number of nitrogens with zero attached hydrogens (tertiary/aromatic N) is 3. The molecular formula is C34H33N3O4S. The first-order valence-electron chi connectivity index (χ1n) is 14.4. The number of likely N-dealkylation sites (N-methyl/N-ethyl adjacent to an activating group) is 1. The molecule has 0 aliphatic carbocycles. The molecule has 1 N–H and O–H groups in total. The molecule has 214 valence electrons. The standard InChI is InChI=1S/C34H33N3O4S/c1-33-16-8-18-35(2)30(39)27(33)28-31(40)37(26(21-38)23-11-4-3-5-12-23)29-32(41)36(19-9-17-34(28,29)42-33)25-15-14-22-10-6-7-13-24(22)20-25/h3-17,20,26-29,38H,18-19,21H2,1-2H3/t26-,27+,28+,29?,33-,34+/m1/s1. The van der Waals surface area contributed by atoms with Crippen molar-refractivity contribution >= 4 is 45.9 Å². The Kier molecular flexibility index (Phi) is 6.33. The van der Waals surface area contributed by atoms with E-state index in [1.165, 1.54) is 0 Å². The Morgan fingerprint density at radius 1 is 0.857 bits per heavy atom. The molecule has 4 aliphatic heterocycles. The van der Waals surface area contributed by atoms with Crippen molar-refractivity contribution in [2.45, 2.75) is 28.5 Å². The average molecular weight is 580 g/mol. The van der Waals surface area contributed by atoms with Crippen molar-refractivity contribution in [3.05, 3.63) is 103 Å². The highest BCUT2D eigenvalue weighted by molar-refractivity contribution is 8.02. The van der Waals surface area contributed by atoms with Crippen LogP contribution in [0.1, 0.15) is 18.5 Å². The van der Waals surface area contributed by atoms with Gasteiger partial charge in [-0.1, -0.05) is 85.0 Å². The van der Waals surface area contributed by atoms with Crippen molar-refractivity contribution in [2.75, 3.05) is 31.6 Å². The number of benzene rings is 3. The van der Waals surface area contributed by atoms with Crippen LogP contribution in [0.3, 0.4) is 0 Å². The summed E-state index contributed by atoms with van der Waals surface area (Å²) in [4.78, 5) is 48.6. The van der Waals surface area contributed by atoms with Crippen molar-refractivity contribution in [1.82, 2.24) is 9.80 Å². The summed E-state index contributed by atoms with van der Waals surface area (Å²) in [5.41, 5.74) is 1.49. The zero-order valence-electron chi connectivity index (χ0n) is 23.6. The van der Waals surface area contributed by atoms with E-state index in [-0.39, 0.29) is 24.3 Å². The smallest absolute Gasteiger partial charge is 0.251 e. The van der Waals surface area contributed by atoms with Gasteiger partial charge in [-0.15, -0.1) is 11.8 Å². The number of rotatable bonds is 4. The molecule has 2 fully saturated rings. The second-order valence-electron chi connectivity index (χ2n) is 11.9. The number of anilines is 1. The van der Waals surface area contributed by atoms with Gasteiger partial charge in [0.25, 0.3) is 5.91 Å². The van der Waals surface area contributed by atoms with E-state index in [4.69, 9.17) is 0 Å². The number of carbonyl (C=O) groups is 3. The van der Waals surface area contributed by atoms with Crippen LogP contribution in [-0.4, -0.2) is 74.9 Å². The quantitative estimate of drug-likeness (QED) is 0.469. The van der Waals surface area contributed by atoms with Crippen LogP contribution in [0.15, 0.2) is 97.1 Å². The summed E-state index contributed by atoms with van der Waals surface area (Å²) in [5, 5.41) is 12.9. The largest absolute Gasteiger partial charge is 0.394 e. The van der Waals surface area contributed by atoms with E-state index in [0.717, 1.165) is 22.0 Å². The molecule has 1 unspecified atom stereocenters. The Bertz CT molecular complexity index is 1660. The maximum absolute atomic E-state index is 14.9. The molecule has 2 saturated heterocycles. The second kappa shape index (κ2) is 9.85. The summed E-state index contributed by atoms with van der Waals surface area (Å²) in [5.74, 6) is -1.98. The summed E-state index contributed by atoms with van der Waals surface area (Å²) in [6.45, 7) is 2.48. The summed E-state index contributed by atoms with van der Waals surface area (Å²) >= 11 is 1.55. The Morgan fingerprint density at radius 2 is 1.57 bits per heavy atom. The van der Waals surface area contributed by atoms with Crippen LogP contribution >= 0.6 is 11.8 Å². The van der Waals surface area contributed by atoms with E-state index in [1.54, 1.807) is 33.5 Å². The van der Waals surface area contributed by atoms with E-state index < -0.39 is 33.4 Å². The Balaban J connectivity index is 1.41. The lowest BCUT2D eigenvalue weighted by molar-refractivity contribution is -0.145. The van der Waals surface area contributed by atoms with E-state index in [9.17, 15) is 19.5 Å². The van der Waals surface area contributed by atoms with E-state index in [1.807, 2.05) is 97.9 Å². The van der Waals surface area contributed by atoms with Gasteiger partial charge >= 0.3 is 0 Å². The Morgan fingerprint density at radius 3 is 2.33 bits per heavy atom. The van der Waals surface area contributed by atoms with Gasteiger partial charge in [-0.25, -0.2) is 0 Å². The van der Waals surface area contributed by atoms with Crippen LogP contribution in [-0.2, 0) is 14.4 Å². The number of aliphatic hydroxyl groups excluding tert-OH is 1. The number of hydrogen-bond donors (Lipinski definition) is 1. The van der Waals surface area contributed by atoms with Crippen LogP contribution < -0.4 is 4.90 Å². The molecule has 4 heterocycles. The highest BCUT2D eigenvalue weighted by Crippen LogP contribution is 2.66. The number of likely N-dealkylation sites (tertiary alicyclic amines) is 1. The van der Waals surface area contributed by atoms with Crippen molar-refractivity contribution < 1.29 is 19.5 Å². The molecule has 0 radical (unpaired) electrons. The van der Waals surface area contributed by atoms with Gasteiger partial charge in [0.05, 0.1) is 29.2 Å². The molecule has 1 spiro atoms. The minimum absolute atomic E-state index is 0.0948. The van der Waals surface area contributed by atoms with Gasteiger partial charge in [0.2, 0.25) is 11.8 Å². The summed E-state index contributed by atoms with van der Waals surface area (Å²) in [7, 11) is 1.76. The number of thioether (sulfide) groups is 1. The Hall–Kier alpha value is -3.88. The lowest BCUT2D eigenvalue weighted by atomic mass is 9.74. The number of aliphatic hydroxyl groups is 1. The van der Waals surface area contributed by atoms with Gasteiger partial charge in [-0.3, -0.25) is 14.4 Å². The highest BCUT2D eigenvalue weighted by atomic mass is 32.2. The van der Waals surface area contributed by atoms with Crippen LogP contribution in [0, 0.1) is 11.8 Å². The lowest BCUT2D eigenvalue weighted by Crippen LogP contribution is -2.54. The third-order valence-corrected chi connectivity index (χ3v) is 11.2. The molecule has 3 aromatic rings. The maximum atomic E-state index is 14.9. The van der Waals surface area contributed by atoms with E-state index >= 15 is 0 Å². The second-order valence-corrected chi connectivity index (χ2v) is 13.6. The predicted molar refractivity (Wildman–Crippen MR) is 165 cm³/mol. The number of amides is 3. The van der Waals surface area contributed by atoms with Crippen molar-refractivity contribution in [3.8, 4) is 0 Å². The van der Waals surface area contributed by atoms with Gasteiger partial charge < -0.3 is 19.8 Å². The fourth-order valence-corrected chi connectivity index (χ4v) is 9.67. The van der Waals surface area contributed by atoms with Gasteiger partial charge in [0.1, 0.15) is 6.04 Å². The van der Waals surface area contributed by atoms with Crippen molar-refractivity contribution in [2.24, 2.45) is 11.8 Å². The first-order chi connectivity index (χ1) is 20.3. The van der Waals surface area contributed by atoms with Gasteiger partial charge in [0.15, 0.2) is 0 Å². The van der Waals surface area contributed by atoms with Gasteiger partial charge in [-0.2, -0.15) is 0 Å². The Labute approximate surface area is 249 Å². The van der Waals surface area contributed by atoms with E-state index in [0.29, 0.717) is 13.1 Å². The molecule has 7 rings (SSSR count). The normalized spacial score (nSPS) is 31.2. The number of carbonyl (C=O) groups excluding carboxylic acids is 3. The minimum Gasteiger partial charge on any atom is -0.394 e. The molecule has 6 atom stereocenters. The van der Waals surface area contributed by atoms with Crippen LogP contribution in [0.2, 0.25) is 0 Å². The fourth-order valence-electron chi connectivity index (χ4n) is 7.52. The van der Waals surface area contributed by atoms with Crippen LogP contribution in [0.5, 0.6) is 0 Å². The van der Waals surface area contributed by atoms with Crippen molar-refractivity contribution in [1.29, 1.82) is 0 Å².